The van der Waals surface area contributed by atoms with Crippen molar-refractivity contribution in [1.29, 1.82) is 0 Å². The summed E-state index contributed by atoms with van der Waals surface area (Å²) >= 11 is 12.0. The highest BCUT2D eigenvalue weighted by Gasteiger charge is 2.43. The van der Waals surface area contributed by atoms with Gasteiger partial charge in [-0.05, 0) is 51.0 Å². The quantitative estimate of drug-likeness (QED) is 0.219. The molecule has 2 saturated heterocycles. The van der Waals surface area contributed by atoms with Gasteiger partial charge in [0, 0.05) is 42.8 Å². The monoisotopic (exact) mass is 588 g/mol. The van der Waals surface area contributed by atoms with Gasteiger partial charge < -0.3 is 24.8 Å². The number of rotatable bonds is 9. The molecule has 8 nitrogen and oxygen atoms in total. The normalized spacial score (nSPS) is 20.4. The van der Waals surface area contributed by atoms with Gasteiger partial charge in [0.15, 0.2) is 17.3 Å². The summed E-state index contributed by atoms with van der Waals surface area (Å²) in [5.41, 5.74) is -0.238. The Labute approximate surface area is 242 Å². The molecule has 5 rings (SSSR count). The Morgan fingerprint density at radius 1 is 1.23 bits per heavy atom. The van der Waals surface area contributed by atoms with Gasteiger partial charge in [-0.1, -0.05) is 29.8 Å². The lowest BCUT2D eigenvalue weighted by molar-refractivity contribution is -0.131. The first-order valence-corrected chi connectivity index (χ1v) is 14.0. The molecule has 2 unspecified atom stereocenters. The van der Waals surface area contributed by atoms with Crippen molar-refractivity contribution in [3.63, 3.8) is 0 Å². The van der Waals surface area contributed by atoms with Crippen molar-refractivity contribution in [2.24, 2.45) is 0 Å². The van der Waals surface area contributed by atoms with E-state index in [0.717, 1.165) is 12.8 Å². The van der Waals surface area contributed by atoms with Crippen LogP contribution in [0.3, 0.4) is 0 Å². The molecule has 1 amide bonds. The van der Waals surface area contributed by atoms with Crippen molar-refractivity contribution in [3.05, 3.63) is 59.1 Å². The highest BCUT2D eigenvalue weighted by molar-refractivity contribution is 6.42. The number of fused-ring (bicyclic) bond motifs is 3. The smallest absolute Gasteiger partial charge is 0.246 e. The topological polar surface area (TPSA) is 96.8 Å². The average Bonchev–Trinajstić information content (AvgIpc) is 3.18. The number of carbonyl (C=O) groups excluding carboxylic acids is 1. The van der Waals surface area contributed by atoms with Crippen LogP contribution in [0.2, 0.25) is 10.0 Å². The third-order valence-electron chi connectivity index (χ3n) is 7.37. The van der Waals surface area contributed by atoms with Gasteiger partial charge in [0.05, 0.1) is 33.5 Å². The van der Waals surface area contributed by atoms with Crippen LogP contribution in [0, 0.1) is 5.82 Å². The van der Waals surface area contributed by atoms with Crippen LogP contribution in [0.5, 0.6) is 11.5 Å². The van der Waals surface area contributed by atoms with Crippen LogP contribution in [-0.4, -0.2) is 56.3 Å². The molecule has 3 heterocycles. The van der Waals surface area contributed by atoms with E-state index >= 15 is 0 Å². The summed E-state index contributed by atoms with van der Waals surface area (Å²) in [6.07, 6.45) is 6.21. The minimum absolute atomic E-state index is 0.0466. The minimum atomic E-state index is -0.898. The number of hydrogen-bond acceptors (Lipinski definition) is 7. The number of benzene rings is 2. The number of piperidine rings is 1. The molecule has 2 atom stereocenters. The third-order valence-corrected chi connectivity index (χ3v) is 8.15. The number of amides is 1. The molecule has 0 saturated carbocycles. The molecule has 212 valence electrons. The van der Waals surface area contributed by atoms with Crippen LogP contribution in [0.1, 0.15) is 46.0 Å². The fourth-order valence-corrected chi connectivity index (χ4v) is 5.71. The molecule has 40 heavy (non-hydrogen) atoms. The zero-order valence-electron chi connectivity index (χ0n) is 22.3. The van der Waals surface area contributed by atoms with Crippen molar-refractivity contribution in [2.45, 2.75) is 69.7 Å². The molecule has 11 heteroatoms. The summed E-state index contributed by atoms with van der Waals surface area (Å²) in [7, 11) is 0. The van der Waals surface area contributed by atoms with Gasteiger partial charge in [0.2, 0.25) is 5.91 Å². The molecule has 1 aromatic heterocycles. The molecular formula is C29H31Cl2FN4O4. The number of nitrogens with one attached hydrogen (secondary N) is 1. The number of anilines is 2. The number of aromatic nitrogens is 2. The SMILES string of the molecule is C=CC(=O)N1C2CCC1CC(Oc1cc3c(Nc4ccc(Cl)c(Cl)c4F)ncnc3cc1OCCC(C)(C)O)C2. The van der Waals surface area contributed by atoms with Gasteiger partial charge in [-0.3, -0.25) is 4.79 Å². The van der Waals surface area contributed by atoms with E-state index in [1.165, 1.54) is 24.5 Å². The molecule has 3 aromatic rings. The maximum Gasteiger partial charge on any atom is 0.246 e. The maximum atomic E-state index is 14.8. The van der Waals surface area contributed by atoms with Crippen LogP contribution in [0.4, 0.5) is 15.9 Å². The molecule has 0 aliphatic carbocycles. The van der Waals surface area contributed by atoms with Crippen molar-refractivity contribution >= 4 is 51.5 Å². The van der Waals surface area contributed by atoms with Crippen LogP contribution < -0.4 is 14.8 Å². The lowest BCUT2D eigenvalue weighted by atomic mass is 9.99. The second kappa shape index (κ2) is 11.4. The molecule has 0 radical (unpaired) electrons. The summed E-state index contributed by atoms with van der Waals surface area (Å²) in [6.45, 7) is 7.34. The molecule has 2 aliphatic heterocycles. The van der Waals surface area contributed by atoms with Crippen molar-refractivity contribution < 1.29 is 23.8 Å². The lowest BCUT2D eigenvalue weighted by Crippen LogP contribution is -2.48. The summed E-state index contributed by atoms with van der Waals surface area (Å²) in [5.74, 6) is 0.555. The summed E-state index contributed by atoms with van der Waals surface area (Å²) in [4.78, 5) is 23.1. The van der Waals surface area contributed by atoms with E-state index in [0.29, 0.717) is 47.5 Å². The Morgan fingerprint density at radius 2 is 1.95 bits per heavy atom. The minimum Gasteiger partial charge on any atom is -0.490 e. The molecule has 2 N–H and O–H groups in total. The Bertz CT molecular complexity index is 1430. The van der Waals surface area contributed by atoms with Gasteiger partial charge in [0.1, 0.15) is 18.2 Å². The predicted octanol–water partition coefficient (Wildman–Crippen LogP) is 6.45. The molecule has 2 bridgehead atoms. The zero-order chi connectivity index (χ0) is 28.6. The Balaban J connectivity index is 1.47. The maximum absolute atomic E-state index is 14.8. The van der Waals surface area contributed by atoms with Crippen LogP contribution in [0.15, 0.2) is 43.2 Å². The Morgan fingerprint density at radius 3 is 2.62 bits per heavy atom. The Kier molecular flexibility index (Phi) is 8.08. The average molecular weight is 589 g/mol. The highest BCUT2D eigenvalue weighted by Crippen LogP contribution is 2.41. The van der Waals surface area contributed by atoms with E-state index in [-0.39, 0.29) is 46.4 Å². The zero-order valence-corrected chi connectivity index (χ0v) is 23.8. The number of ether oxygens (including phenoxy) is 2. The highest BCUT2D eigenvalue weighted by atomic mass is 35.5. The van der Waals surface area contributed by atoms with E-state index in [4.69, 9.17) is 32.7 Å². The van der Waals surface area contributed by atoms with Crippen molar-refractivity contribution in [2.75, 3.05) is 11.9 Å². The number of nitrogens with zero attached hydrogens (tertiary/aromatic N) is 3. The van der Waals surface area contributed by atoms with E-state index in [1.807, 2.05) is 4.90 Å². The molecular weight excluding hydrogens is 558 g/mol. The summed E-state index contributed by atoms with van der Waals surface area (Å²) in [6, 6.07) is 6.68. The van der Waals surface area contributed by atoms with E-state index in [1.54, 1.807) is 26.0 Å². The number of hydrogen-bond donors (Lipinski definition) is 2. The summed E-state index contributed by atoms with van der Waals surface area (Å²) < 4.78 is 27.4. The standard InChI is InChI=1S/C29H31Cl2FN4O4/c1-4-25(37)36-16-5-6-17(36)12-18(11-16)40-24-13-19-22(14-23(24)39-10-9-29(2,3)38)33-15-34-28(19)35-21-8-7-20(30)26(31)27(21)32/h4,7-8,13-18,38H,1,5-6,9-12H2,2-3H3,(H,33,34,35). The largest absolute Gasteiger partial charge is 0.490 e. The number of aliphatic hydroxyl groups is 1. The number of carbonyl (C=O) groups is 1. The van der Waals surface area contributed by atoms with Crippen LogP contribution in [-0.2, 0) is 4.79 Å². The van der Waals surface area contributed by atoms with Gasteiger partial charge in [0.25, 0.3) is 0 Å². The van der Waals surface area contributed by atoms with Crippen LogP contribution >= 0.6 is 23.2 Å². The molecule has 2 fully saturated rings. The van der Waals surface area contributed by atoms with Gasteiger partial charge >= 0.3 is 0 Å². The fraction of sp³-hybridized carbons (Fsp3) is 0.414. The first kappa shape index (κ1) is 28.4. The number of halogens is 3. The second-order valence-corrected chi connectivity index (χ2v) is 11.6. The first-order chi connectivity index (χ1) is 19.0. The fourth-order valence-electron chi connectivity index (χ4n) is 5.40. The second-order valence-electron chi connectivity index (χ2n) is 10.8. The molecule has 2 aliphatic rings. The lowest BCUT2D eigenvalue weighted by Gasteiger charge is -2.38. The summed E-state index contributed by atoms with van der Waals surface area (Å²) in [5, 5.41) is 13.7. The van der Waals surface area contributed by atoms with Gasteiger partial charge in [-0.25, -0.2) is 14.4 Å². The van der Waals surface area contributed by atoms with Crippen molar-refractivity contribution in [3.8, 4) is 11.5 Å². The van der Waals surface area contributed by atoms with Gasteiger partial charge in [-0.2, -0.15) is 0 Å². The third kappa shape index (κ3) is 5.96. The Hall–Kier alpha value is -3.14. The van der Waals surface area contributed by atoms with E-state index in [2.05, 4.69) is 21.9 Å². The molecule has 0 spiro atoms. The van der Waals surface area contributed by atoms with E-state index < -0.39 is 11.4 Å². The first-order valence-electron chi connectivity index (χ1n) is 13.2. The van der Waals surface area contributed by atoms with E-state index in [9.17, 15) is 14.3 Å². The molecule has 2 aromatic carbocycles. The van der Waals surface area contributed by atoms with Gasteiger partial charge in [-0.15, -0.1) is 0 Å². The van der Waals surface area contributed by atoms with Crippen LogP contribution in [0.25, 0.3) is 10.9 Å². The predicted molar refractivity (Wildman–Crippen MR) is 153 cm³/mol. The van der Waals surface area contributed by atoms with Crippen molar-refractivity contribution in [1.82, 2.24) is 14.9 Å².